The number of hydrogen-bond acceptors (Lipinski definition) is 5. The molecule has 3 aliphatic rings. The van der Waals surface area contributed by atoms with E-state index >= 15 is 0 Å². The number of piperazine rings is 1. The van der Waals surface area contributed by atoms with E-state index in [2.05, 4.69) is 17.1 Å². The molecule has 0 aliphatic carbocycles. The number of amides is 4. The minimum Gasteiger partial charge on any atom is -0.361 e. The van der Waals surface area contributed by atoms with Crippen molar-refractivity contribution in [2.75, 3.05) is 32.1 Å². The van der Waals surface area contributed by atoms with Crippen molar-refractivity contribution >= 4 is 23.5 Å². The molecule has 0 bridgehead atoms. The van der Waals surface area contributed by atoms with Crippen LogP contribution in [0, 0.1) is 5.41 Å². The van der Waals surface area contributed by atoms with Gasteiger partial charge in [0, 0.05) is 38.9 Å². The Morgan fingerprint density at radius 1 is 1.04 bits per heavy atom. The normalized spacial score (nSPS) is 28.3. The first kappa shape index (κ1) is 16.1. The van der Waals surface area contributed by atoms with Gasteiger partial charge in [-0.25, -0.2) is 4.79 Å². The molecule has 4 amide bonds. The van der Waals surface area contributed by atoms with Gasteiger partial charge >= 0.3 is 6.03 Å². The molecule has 3 heterocycles. The SMILES string of the molecule is CC1CNCC2N1c1ccccc1CC21C(=O)N(C)C(=O)N(C)C1=O. The molecular formula is C18H22N4O3. The van der Waals surface area contributed by atoms with E-state index in [0.29, 0.717) is 13.0 Å². The van der Waals surface area contributed by atoms with Gasteiger partial charge in [-0.2, -0.15) is 0 Å². The van der Waals surface area contributed by atoms with Gasteiger partial charge in [-0.05, 0) is 25.0 Å². The zero-order valence-electron chi connectivity index (χ0n) is 14.7. The Labute approximate surface area is 146 Å². The molecule has 4 rings (SSSR count). The highest BCUT2D eigenvalue weighted by molar-refractivity contribution is 6.20. The first-order valence-corrected chi connectivity index (χ1v) is 8.57. The molecule has 2 atom stereocenters. The van der Waals surface area contributed by atoms with Crippen LogP contribution in [0.15, 0.2) is 24.3 Å². The number of urea groups is 1. The molecule has 25 heavy (non-hydrogen) atoms. The van der Waals surface area contributed by atoms with Crippen LogP contribution >= 0.6 is 0 Å². The lowest BCUT2D eigenvalue weighted by molar-refractivity contribution is -0.159. The minimum absolute atomic E-state index is 0.144. The quantitative estimate of drug-likeness (QED) is 0.693. The summed E-state index contributed by atoms with van der Waals surface area (Å²) in [6.45, 7) is 3.41. The first-order chi connectivity index (χ1) is 11.9. The molecule has 1 spiro atoms. The molecule has 1 aromatic rings. The molecule has 7 heteroatoms. The number of nitrogens with zero attached hydrogens (tertiary/aromatic N) is 3. The molecule has 0 saturated carbocycles. The maximum Gasteiger partial charge on any atom is 0.332 e. The highest BCUT2D eigenvalue weighted by Crippen LogP contribution is 2.46. The van der Waals surface area contributed by atoms with Crippen LogP contribution in [-0.2, 0) is 16.0 Å². The molecule has 132 valence electrons. The van der Waals surface area contributed by atoms with Crippen molar-refractivity contribution in [3.8, 4) is 0 Å². The van der Waals surface area contributed by atoms with E-state index in [4.69, 9.17) is 0 Å². The van der Waals surface area contributed by atoms with Gasteiger partial charge in [-0.15, -0.1) is 0 Å². The van der Waals surface area contributed by atoms with E-state index in [-0.39, 0.29) is 12.1 Å². The third kappa shape index (κ3) is 1.93. The van der Waals surface area contributed by atoms with Gasteiger partial charge in [-0.3, -0.25) is 19.4 Å². The van der Waals surface area contributed by atoms with Gasteiger partial charge in [0.05, 0.1) is 6.04 Å². The van der Waals surface area contributed by atoms with Gasteiger partial charge in [0.1, 0.15) is 0 Å². The number of benzene rings is 1. The number of anilines is 1. The minimum atomic E-state index is -1.27. The Kier molecular flexibility index (Phi) is 3.40. The van der Waals surface area contributed by atoms with Crippen molar-refractivity contribution in [1.29, 1.82) is 0 Å². The van der Waals surface area contributed by atoms with Gasteiger partial charge in [0.25, 0.3) is 0 Å². The summed E-state index contributed by atoms with van der Waals surface area (Å²) in [5, 5.41) is 3.35. The summed E-state index contributed by atoms with van der Waals surface area (Å²) in [4.78, 5) is 43.1. The Morgan fingerprint density at radius 3 is 2.36 bits per heavy atom. The Hall–Kier alpha value is -2.41. The van der Waals surface area contributed by atoms with Crippen LogP contribution in [0.25, 0.3) is 0 Å². The largest absolute Gasteiger partial charge is 0.361 e. The highest BCUT2D eigenvalue weighted by Gasteiger charge is 2.63. The van der Waals surface area contributed by atoms with Crippen molar-refractivity contribution < 1.29 is 14.4 Å². The summed E-state index contributed by atoms with van der Waals surface area (Å²) in [7, 11) is 2.92. The summed E-state index contributed by atoms with van der Waals surface area (Å²) in [5.74, 6) is -0.804. The van der Waals surface area contributed by atoms with Crippen molar-refractivity contribution in [1.82, 2.24) is 15.1 Å². The van der Waals surface area contributed by atoms with E-state index < -0.39 is 23.3 Å². The number of rotatable bonds is 0. The predicted molar refractivity (Wildman–Crippen MR) is 92.1 cm³/mol. The lowest BCUT2D eigenvalue weighted by Gasteiger charge is -2.56. The molecule has 1 aromatic carbocycles. The maximum absolute atomic E-state index is 13.2. The Morgan fingerprint density at radius 2 is 1.68 bits per heavy atom. The smallest absolute Gasteiger partial charge is 0.332 e. The second-order valence-electron chi connectivity index (χ2n) is 7.22. The number of para-hydroxylation sites is 1. The Balaban J connectivity index is 1.94. The number of nitrogens with one attached hydrogen (secondary N) is 1. The van der Waals surface area contributed by atoms with Crippen LogP contribution in [0.3, 0.4) is 0 Å². The molecule has 7 nitrogen and oxygen atoms in total. The van der Waals surface area contributed by atoms with E-state index in [1.165, 1.54) is 14.1 Å². The number of imide groups is 2. The van der Waals surface area contributed by atoms with E-state index in [9.17, 15) is 14.4 Å². The molecule has 2 unspecified atom stereocenters. The Bertz CT molecular complexity index is 753. The maximum atomic E-state index is 13.2. The second-order valence-corrected chi connectivity index (χ2v) is 7.22. The van der Waals surface area contributed by atoms with Crippen molar-refractivity contribution in [2.45, 2.75) is 25.4 Å². The van der Waals surface area contributed by atoms with Crippen molar-refractivity contribution in [3.63, 3.8) is 0 Å². The number of fused-ring (bicyclic) bond motifs is 4. The monoisotopic (exact) mass is 342 g/mol. The van der Waals surface area contributed by atoms with E-state index in [1.807, 2.05) is 24.3 Å². The summed E-state index contributed by atoms with van der Waals surface area (Å²) >= 11 is 0. The fourth-order valence-electron chi connectivity index (χ4n) is 4.61. The second kappa shape index (κ2) is 5.29. The fraction of sp³-hybridized carbons (Fsp3) is 0.500. The number of barbiturate groups is 1. The average molecular weight is 342 g/mol. The number of carbonyl (C=O) groups is 3. The number of hydrogen-bond donors (Lipinski definition) is 1. The summed E-state index contributed by atoms with van der Waals surface area (Å²) in [6.07, 6.45) is 0.318. The standard InChI is InChI=1S/C18H22N4O3/c1-11-9-19-10-14-18(8-12-6-4-5-7-13(12)22(11)14)15(23)20(2)17(25)21(3)16(18)24/h4-7,11,14,19H,8-10H2,1-3H3. The van der Waals surface area contributed by atoms with E-state index in [0.717, 1.165) is 27.6 Å². The molecule has 1 N–H and O–H groups in total. The zero-order chi connectivity index (χ0) is 17.9. The molecule has 0 aromatic heterocycles. The molecule has 2 fully saturated rings. The van der Waals surface area contributed by atoms with Crippen LogP contribution in [0.1, 0.15) is 12.5 Å². The zero-order valence-corrected chi connectivity index (χ0v) is 14.7. The molecular weight excluding hydrogens is 320 g/mol. The van der Waals surface area contributed by atoms with Crippen LogP contribution < -0.4 is 10.2 Å². The van der Waals surface area contributed by atoms with Gasteiger partial charge in [-0.1, -0.05) is 18.2 Å². The topological polar surface area (TPSA) is 73.0 Å². The lowest BCUT2D eigenvalue weighted by Crippen LogP contribution is -2.75. The fourth-order valence-corrected chi connectivity index (χ4v) is 4.61. The molecule has 3 aliphatic heterocycles. The van der Waals surface area contributed by atoms with Crippen molar-refractivity contribution in [2.24, 2.45) is 5.41 Å². The summed E-state index contributed by atoms with van der Waals surface area (Å²) in [5.41, 5.74) is 0.785. The van der Waals surface area contributed by atoms with Crippen LogP contribution in [0.4, 0.5) is 10.5 Å². The van der Waals surface area contributed by atoms with Crippen LogP contribution in [0.2, 0.25) is 0 Å². The van der Waals surface area contributed by atoms with Crippen LogP contribution in [-0.4, -0.2) is 66.9 Å². The average Bonchev–Trinajstić information content (AvgIpc) is 2.63. The third-order valence-corrected chi connectivity index (χ3v) is 5.84. The van der Waals surface area contributed by atoms with Gasteiger partial charge < -0.3 is 10.2 Å². The third-order valence-electron chi connectivity index (χ3n) is 5.84. The molecule has 0 radical (unpaired) electrons. The summed E-state index contributed by atoms with van der Waals surface area (Å²) in [6, 6.07) is 7.19. The number of carbonyl (C=O) groups excluding carboxylic acids is 3. The van der Waals surface area contributed by atoms with Gasteiger partial charge in [0.2, 0.25) is 11.8 Å². The first-order valence-electron chi connectivity index (χ1n) is 8.57. The lowest BCUT2D eigenvalue weighted by atomic mass is 9.67. The highest BCUT2D eigenvalue weighted by atomic mass is 16.2. The van der Waals surface area contributed by atoms with E-state index in [1.54, 1.807) is 0 Å². The van der Waals surface area contributed by atoms with Crippen molar-refractivity contribution in [3.05, 3.63) is 29.8 Å². The van der Waals surface area contributed by atoms with Gasteiger partial charge in [0.15, 0.2) is 5.41 Å². The molecule has 2 saturated heterocycles. The predicted octanol–water partition coefficient (Wildman–Crippen LogP) is 0.446. The van der Waals surface area contributed by atoms with Crippen LogP contribution in [0.5, 0.6) is 0 Å². The summed E-state index contributed by atoms with van der Waals surface area (Å²) < 4.78 is 0.